The number of carbonyl (C=O) groups excluding carboxylic acids is 2. The molecule has 0 spiro atoms. The SMILES string of the molecule is CCOc1ccccc1N1CCN(C(=O)CCN(CCc2ccccc2)C(=O)c2cnccn2)CC1. The number of nitrogens with zero attached hydrogens (tertiary/aromatic N) is 5. The van der Waals surface area contributed by atoms with E-state index in [-0.39, 0.29) is 18.2 Å². The Labute approximate surface area is 212 Å². The molecule has 1 fully saturated rings. The third kappa shape index (κ3) is 6.59. The largest absolute Gasteiger partial charge is 0.492 e. The lowest BCUT2D eigenvalue weighted by Crippen LogP contribution is -2.49. The van der Waals surface area contributed by atoms with Crippen molar-refractivity contribution >= 4 is 17.5 Å². The van der Waals surface area contributed by atoms with Crippen molar-refractivity contribution < 1.29 is 14.3 Å². The number of benzene rings is 2. The van der Waals surface area contributed by atoms with Crippen LogP contribution in [0.25, 0.3) is 0 Å². The molecule has 1 aliphatic heterocycles. The summed E-state index contributed by atoms with van der Waals surface area (Å²) in [6.07, 6.45) is 5.51. The molecule has 2 amide bonds. The number of anilines is 1. The van der Waals surface area contributed by atoms with Gasteiger partial charge in [-0.05, 0) is 31.0 Å². The second-order valence-corrected chi connectivity index (χ2v) is 8.64. The highest BCUT2D eigenvalue weighted by Gasteiger charge is 2.24. The second-order valence-electron chi connectivity index (χ2n) is 8.64. The molecule has 3 aromatic rings. The Morgan fingerprint density at radius 1 is 0.944 bits per heavy atom. The molecule has 2 heterocycles. The Hall–Kier alpha value is -3.94. The number of hydrogen-bond donors (Lipinski definition) is 0. The van der Waals surface area contributed by atoms with Crippen LogP contribution in [0.2, 0.25) is 0 Å². The van der Waals surface area contributed by atoms with E-state index in [0.717, 1.165) is 30.1 Å². The molecule has 2 aromatic carbocycles. The molecule has 8 heteroatoms. The van der Waals surface area contributed by atoms with Crippen LogP contribution >= 0.6 is 0 Å². The minimum absolute atomic E-state index is 0.0596. The van der Waals surface area contributed by atoms with Crippen LogP contribution in [0.4, 0.5) is 5.69 Å². The fourth-order valence-electron chi connectivity index (χ4n) is 4.38. The van der Waals surface area contributed by atoms with E-state index in [1.165, 1.54) is 12.4 Å². The van der Waals surface area contributed by atoms with Gasteiger partial charge in [-0.1, -0.05) is 42.5 Å². The molecule has 1 aliphatic rings. The number of carbonyl (C=O) groups is 2. The third-order valence-electron chi connectivity index (χ3n) is 6.32. The topological polar surface area (TPSA) is 78.9 Å². The Kier molecular flexibility index (Phi) is 8.86. The zero-order chi connectivity index (χ0) is 25.2. The number of rotatable bonds is 10. The maximum Gasteiger partial charge on any atom is 0.274 e. The molecule has 0 saturated carbocycles. The fourth-order valence-corrected chi connectivity index (χ4v) is 4.38. The van der Waals surface area contributed by atoms with Crippen LogP contribution in [0.5, 0.6) is 5.75 Å². The molecular weight excluding hydrogens is 454 g/mol. The first-order valence-corrected chi connectivity index (χ1v) is 12.5. The minimum atomic E-state index is -0.204. The van der Waals surface area contributed by atoms with Gasteiger partial charge in [0.1, 0.15) is 11.4 Å². The predicted octanol–water partition coefficient (Wildman–Crippen LogP) is 3.30. The smallest absolute Gasteiger partial charge is 0.274 e. The molecule has 188 valence electrons. The Bertz CT molecular complexity index is 1120. The van der Waals surface area contributed by atoms with Gasteiger partial charge in [-0.15, -0.1) is 0 Å². The monoisotopic (exact) mass is 487 g/mol. The van der Waals surface area contributed by atoms with E-state index in [2.05, 4.69) is 20.9 Å². The van der Waals surface area contributed by atoms with Crippen molar-refractivity contribution in [3.63, 3.8) is 0 Å². The Balaban J connectivity index is 1.34. The maximum absolute atomic E-state index is 13.1. The van der Waals surface area contributed by atoms with E-state index in [0.29, 0.717) is 44.9 Å². The summed E-state index contributed by atoms with van der Waals surface area (Å²) in [6.45, 7) is 6.21. The van der Waals surface area contributed by atoms with Crippen LogP contribution < -0.4 is 9.64 Å². The van der Waals surface area contributed by atoms with Crippen molar-refractivity contribution in [3.8, 4) is 5.75 Å². The fraction of sp³-hybridized carbons (Fsp3) is 0.357. The molecule has 0 unspecified atom stereocenters. The number of para-hydroxylation sites is 2. The van der Waals surface area contributed by atoms with Crippen molar-refractivity contribution in [2.24, 2.45) is 0 Å². The summed E-state index contributed by atoms with van der Waals surface area (Å²) in [5.41, 5.74) is 2.50. The number of hydrogen-bond acceptors (Lipinski definition) is 6. The lowest BCUT2D eigenvalue weighted by molar-refractivity contribution is -0.131. The second kappa shape index (κ2) is 12.7. The van der Waals surface area contributed by atoms with E-state index >= 15 is 0 Å². The first-order valence-electron chi connectivity index (χ1n) is 12.5. The van der Waals surface area contributed by atoms with Crippen molar-refractivity contribution in [1.82, 2.24) is 19.8 Å². The maximum atomic E-state index is 13.1. The molecule has 8 nitrogen and oxygen atoms in total. The lowest BCUT2D eigenvalue weighted by Gasteiger charge is -2.37. The van der Waals surface area contributed by atoms with Gasteiger partial charge in [0.15, 0.2) is 0 Å². The summed E-state index contributed by atoms with van der Waals surface area (Å²) >= 11 is 0. The van der Waals surface area contributed by atoms with E-state index in [4.69, 9.17) is 4.74 Å². The van der Waals surface area contributed by atoms with Gasteiger partial charge in [-0.2, -0.15) is 0 Å². The number of aromatic nitrogens is 2. The third-order valence-corrected chi connectivity index (χ3v) is 6.32. The summed E-state index contributed by atoms with van der Waals surface area (Å²) in [5, 5.41) is 0. The summed E-state index contributed by atoms with van der Waals surface area (Å²) < 4.78 is 5.77. The zero-order valence-corrected chi connectivity index (χ0v) is 20.8. The van der Waals surface area contributed by atoms with Crippen LogP contribution in [0.3, 0.4) is 0 Å². The summed E-state index contributed by atoms with van der Waals surface area (Å²) in [6, 6.07) is 18.0. The van der Waals surface area contributed by atoms with Gasteiger partial charge in [0.05, 0.1) is 18.5 Å². The Morgan fingerprint density at radius 3 is 2.42 bits per heavy atom. The highest BCUT2D eigenvalue weighted by atomic mass is 16.5. The first kappa shape index (κ1) is 25.2. The van der Waals surface area contributed by atoms with Gasteiger partial charge in [0, 0.05) is 58.1 Å². The number of ether oxygens (including phenoxy) is 1. The van der Waals surface area contributed by atoms with Crippen molar-refractivity contribution in [2.75, 3.05) is 50.8 Å². The molecule has 0 bridgehead atoms. The van der Waals surface area contributed by atoms with E-state index in [9.17, 15) is 9.59 Å². The molecular formula is C28H33N5O3. The molecule has 0 radical (unpaired) electrons. The van der Waals surface area contributed by atoms with Crippen LogP contribution in [0, 0.1) is 0 Å². The summed E-state index contributed by atoms with van der Waals surface area (Å²) in [4.78, 5) is 40.2. The molecule has 0 N–H and O–H groups in total. The van der Waals surface area contributed by atoms with Gasteiger partial charge >= 0.3 is 0 Å². The Morgan fingerprint density at radius 2 is 1.69 bits per heavy atom. The molecule has 1 aromatic heterocycles. The van der Waals surface area contributed by atoms with Gasteiger partial charge in [0.2, 0.25) is 5.91 Å². The molecule has 36 heavy (non-hydrogen) atoms. The highest BCUT2D eigenvalue weighted by Crippen LogP contribution is 2.28. The standard InChI is InChI=1S/C28H33N5O3/c1-2-36-26-11-7-6-10-25(26)31-18-20-32(21-19-31)27(34)13-17-33(16-12-23-8-4-3-5-9-23)28(35)24-22-29-14-15-30-24/h3-11,14-15,22H,2,12-13,16-21H2,1H3. The van der Waals surface area contributed by atoms with E-state index in [1.54, 1.807) is 11.1 Å². The van der Waals surface area contributed by atoms with Crippen molar-refractivity contribution in [2.45, 2.75) is 19.8 Å². The molecule has 0 atom stereocenters. The predicted molar refractivity (Wildman–Crippen MR) is 139 cm³/mol. The lowest BCUT2D eigenvalue weighted by atomic mass is 10.1. The van der Waals surface area contributed by atoms with Crippen molar-refractivity contribution in [3.05, 3.63) is 84.4 Å². The summed E-state index contributed by atoms with van der Waals surface area (Å²) in [5.74, 6) is 0.727. The quantitative estimate of drug-likeness (QED) is 0.437. The average Bonchev–Trinajstić information content (AvgIpc) is 2.94. The molecule has 1 saturated heterocycles. The van der Waals surface area contributed by atoms with E-state index < -0.39 is 0 Å². The first-order chi connectivity index (χ1) is 17.7. The normalized spacial score (nSPS) is 13.4. The van der Waals surface area contributed by atoms with Crippen LogP contribution in [-0.4, -0.2) is 77.5 Å². The molecule has 4 rings (SSSR count). The van der Waals surface area contributed by atoms with Crippen molar-refractivity contribution in [1.29, 1.82) is 0 Å². The number of amides is 2. The number of piperazine rings is 1. The van der Waals surface area contributed by atoms with Crippen LogP contribution in [0.15, 0.2) is 73.2 Å². The van der Waals surface area contributed by atoms with Gasteiger partial charge in [0.25, 0.3) is 5.91 Å². The van der Waals surface area contributed by atoms with Gasteiger partial charge in [-0.3, -0.25) is 14.6 Å². The van der Waals surface area contributed by atoms with Crippen LogP contribution in [0.1, 0.15) is 29.4 Å². The zero-order valence-electron chi connectivity index (χ0n) is 20.8. The van der Waals surface area contributed by atoms with E-state index in [1.807, 2.05) is 60.4 Å². The van der Waals surface area contributed by atoms with Gasteiger partial charge < -0.3 is 19.4 Å². The highest BCUT2D eigenvalue weighted by molar-refractivity contribution is 5.92. The average molecular weight is 488 g/mol. The minimum Gasteiger partial charge on any atom is -0.492 e. The van der Waals surface area contributed by atoms with Crippen LogP contribution in [-0.2, 0) is 11.2 Å². The van der Waals surface area contributed by atoms with Gasteiger partial charge in [-0.25, -0.2) is 4.98 Å². The molecule has 0 aliphatic carbocycles. The summed E-state index contributed by atoms with van der Waals surface area (Å²) in [7, 11) is 0.